The van der Waals surface area contributed by atoms with Crippen LogP contribution in [-0.4, -0.2) is 35.4 Å². The van der Waals surface area contributed by atoms with E-state index in [1.54, 1.807) is 20.3 Å². The Labute approximate surface area is 189 Å². The van der Waals surface area contributed by atoms with E-state index in [-0.39, 0.29) is 5.56 Å². The third kappa shape index (κ3) is 4.45. The zero-order valence-corrected chi connectivity index (χ0v) is 19.1. The fraction of sp³-hybridized carbons (Fsp3) is 0.292. The van der Waals surface area contributed by atoms with Crippen LogP contribution in [0.4, 0.5) is 0 Å². The molecule has 0 amide bonds. The number of methoxy groups -OCH3 is 2. The topological polar surface area (TPSA) is 75.0 Å². The van der Waals surface area contributed by atoms with Crippen LogP contribution in [0.1, 0.15) is 31.7 Å². The van der Waals surface area contributed by atoms with E-state index in [4.69, 9.17) is 14.2 Å². The molecule has 0 aliphatic carbocycles. The number of para-hydroxylation sites is 1. The minimum Gasteiger partial charge on any atom is -0.494 e. The molecule has 0 atom stereocenters. The number of fused-ring (bicyclic) bond motifs is 1. The summed E-state index contributed by atoms with van der Waals surface area (Å²) in [4.78, 5) is 18.0. The van der Waals surface area contributed by atoms with Gasteiger partial charge in [-0.15, -0.1) is 5.10 Å². The van der Waals surface area contributed by atoms with Crippen LogP contribution in [0.25, 0.3) is 22.4 Å². The summed E-state index contributed by atoms with van der Waals surface area (Å²) < 4.78 is 18.4. The van der Waals surface area contributed by atoms with Gasteiger partial charge in [-0.1, -0.05) is 43.2 Å². The van der Waals surface area contributed by atoms with Crippen molar-refractivity contribution in [1.82, 2.24) is 14.6 Å². The molecule has 2 aromatic carbocycles. The normalized spacial score (nSPS) is 11.8. The zero-order chi connectivity index (χ0) is 22.5. The summed E-state index contributed by atoms with van der Waals surface area (Å²) in [7, 11) is 3.15. The van der Waals surface area contributed by atoms with Crippen molar-refractivity contribution < 1.29 is 14.2 Å². The molecule has 2 heterocycles. The summed E-state index contributed by atoms with van der Waals surface area (Å²) in [5.41, 5.74) is 1.37. The molecule has 166 valence electrons. The van der Waals surface area contributed by atoms with E-state index in [1.807, 2.05) is 42.5 Å². The molecule has 0 bridgehead atoms. The summed E-state index contributed by atoms with van der Waals surface area (Å²) >= 11 is 1.29. The number of aromatic nitrogens is 3. The second-order valence-electron chi connectivity index (χ2n) is 7.21. The number of benzene rings is 2. The average Bonchev–Trinajstić information content (AvgIpc) is 3.36. The molecule has 0 aliphatic heterocycles. The quantitative estimate of drug-likeness (QED) is 0.359. The minimum absolute atomic E-state index is 0.218. The van der Waals surface area contributed by atoms with Gasteiger partial charge < -0.3 is 14.2 Å². The summed E-state index contributed by atoms with van der Waals surface area (Å²) in [6.45, 7) is 2.88. The summed E-state index contributed by atoms with van der Waals surface area (Å²) in [5.74, 6) is 2.51. The van der Waals surface area contributed by atoms with E-state index in [0.717, 1.165) is 29.7 Å². The lowest BCUT2D eigenvalue weighted by Crippen LogP contribution is -2.23. The Kier molecular flexibility index (Phi) is 6.70. The largest absolute Gasteiger partial charge is 0.494 e. The molecule has 8 heteroatoms. The van der Waals surface area contributed by atoms with E-state index < -0.39 is 0 Å². The maximum absolute atomic E-state index is 12.9. The van der Waals surface area contributed by atoms with E-state index >= 15 is 0 Å². The molecule has 32 heavy (non-hydrogen) atoms. The lowest BCUT2D eigenvalue weighted by atomic mass is 10.2. The second kappa shape index (κ2) is 9.82. The molecule has 4 rings (SSSR count). The van der Waals surface area contributed by atoms with Crippen LogP contribution in [-0.2, 0) is 0 Å². The fourth-order valence-electron chi connectivity index (χ4n) is 3.37. The number of hydrogen-bond donors (Lipinski definition) is 0. The van der Waals surface area contributed by atoms with Gasteiger partial charge in [0, 0.05) is 11.1 Å². The van der Waals surface area contributed by atoms with Crippen LogP contribution in [0, 0.1) is 0 Å². The Balaban J connectivity index is 1.60. The first kappa shape index (κ1) is 21.8. The minimum atomic E-state index is -0.218. The molecule has 7 nitrogen and oxygen atoms in total. The number of hydrogen-bond acceptors (Lipinski definition) is 7. The van der Waals surface area contributed by atoms with Gasteiger partial charge in [0.1, 0.15) is 5.75 Å². The van der Waals surface area contributed by atoms with Crippen LogP contribution in [0.3, 0.4) is 0 Å². The molecule has 0 unspecified atom stereocenters. The molecule has 0 N–H and O–H groups in total. The summed E-state index contributed by atoms with van der Waals surface area (Å²) in [6.07, 6.45) is 5.15. The number of thiazole rings is 1. The highest BCUT2D eigenvalue weighted by molar-refractivity contribution is 7.15. The SMILES string of the molecule is CCCCCOc1ccc(-c2nc3s/c(=C/c4cccc(OC)c4OC)c(=O)n3n2)cc1. The van der Waals surface area contributed by atoms with Crippen molar-refractivity contribution in [1.29, 1.82) is 0 Å². The fourth-order valence-corrected chi connectivity index (χ4v) is 4.26. The van der Waals surface area contributed by atoms with Crippen molar-refractivity contribution in [2.75, 3.05) is 20.8 Å². The molecular weight excluding hydrogens is 426 g/mol. The number of rotatable bonds is 9. The van der Waals surface area contributed by atoms with Gasteiger partial charge in [-0.05, 0) is 42.8 Å². The molecule has 0 aliphatic rings. The molecule has 0 fully saturated rings. The van der Waals surface area contributed by atoms with Crippen molar-refractivity contribution in [2.45, 2.75) is 26.2 Å². The molecule has 0 radical (unpaired) electrons. The Hall–Kier alpha value is -3.39. The highest BCUT2D eigenvalue weighted by atomic mass is 32.1. The number of ether oxygens (including phenoxy) is 3. The second-order valence-corrected chi connectivity index (χ2v) is 8.22. The van der Waals surface area contributed by atoms with Gasteiger partial charge in [0.25, 0.3) is 5.56 Å². The van der Waals surface area contributed by atoms with Crippen molar-refractivity contribution >= 4 is 22.4 Å². The maximum atomic E-state index is 12.9. The third-order valence-corrected chi connectivity index (χ3v) is 5.99. The third-order valence-electron chi connectivity index (χ3n) is 5.03. The highest BCUT2D eigenvalue weighted by Gasteiger charge is 2.13. The monoisotopic (exact) mass is 451 g/mol. The van der Waals surface area contributed by atoms with Gasteiger partial charge in [-0.25, -0.2) is 0 Å². The van der Waals surface area contributed by atoms with E-state index in [2.05, 4.69) is 17.0 Å². The maximum Gasteiger partial charge on any atom is 0.291 e. The van der Waals surface area contributed by atoms with E-state index in [1.165, 1.54) is 22.3 Å². The summed E-state index contributed by atoms with van der Waals surface area (Å²) in [5, 5.41) is 4.42. The van der Waals surface area contributed by atoms with E-state index in [0.29, 0.717) is 33.4 Å². The predicted molar refractivity (Wildman–Crippen MR) is 126 cm³/mol. The Morgan fingerprint density at radius 1 is 1.06 bits per heavy atom. The van der Waals surface area contributed by atoms with Gasteiger partial charge in [-0.3, -0.25) is 4.79 Å². The van der Waals surface area contributed by atoms with E-state index in [9.17, 15) is 4.79 Å². The Bertz CT molecular complexity index is 1310. The van der Waals surface area contributed by atoms with Crippen molar-refractivity contribution in [3.8, 4) is 28.6 Å². The average molecular weight is 452 g/mol. The number of nitrogens with zero attached hydrogens (tertiary/aromatic N) is 3. The molecular formula is C24H25N3O4S. The highest BCUT2D eigenvalue weighted by Crippen LogP contribution is 2.31. The first-order valence-corrected chi connectivity index (χ1v) is 11.3. The van der Waals surface area contributed by atoms with Crippen molar-refractivity contribution in [2.24, 2.45) is 0 Å². The van der Waals surface area contributed by atoms with Gasteiger partial charge in [0.2, 0.25) is 4.96 Å². The molecule has 2 aromatic heterocycles. The molecule has 4 aromatic rings. The van der Waals surface area contributed by atoms with Gasteiger partial charge in [0.05, 0.1) is 25.4 Å². The van der Waals surface area contributed by atoms with Gasteiger partial charge in [0.15, 0.2) is 17.3 Å². The first-order valence-electron chi connectivity index (χ1n) is 10.5. The van der Waals surface area contributed by atoms with Crippen molar-refractivity contribution in [3.05, 3.63) is 62.9 Å². The summed E-state index contributed by atoms with van der Waals surface area (Å²) in [6, 6.07) is 13.2. The smallest absolute Gasteiger partial charge is 0.291 e. The molecule has 0 spiro atoms. The van der Waals surface area contributed by atoms with Crippen LogP contribution >= 0.6 is 11.3 Å². The van der Waals surface area contributed by atoms with Crippen molar-refractivity contribution in [3.63, 3.8) is 0 Å². The van der Waals surface area contributed by atoms with Gasteiger partial charge in [-0.2, -0.15) is 9.50 Å². The van der Waals surface area contributed by atoms with Crippen LogP contribution in [0.5, 0.6) is 17.2 Å². The van der Waals surface area contributed by atoms with Gasteiger partial charge >= 0.3 is 0 Å². The zero-order valence-electron chi connectivity index (χ0n) is 18.3. The molecule has 0 saturated heterocycles. The van der Waals surface area contributed by atoms with Crippen LogP contribution < -0.4 is 24.3 Å². The lowest BCUT2D eigenvalue weighted by molar-refractivity contribution is 0.306. The van der Waals surface area contributed by atoms with Crippen LogP contribution in [0.2, 0.25) is 0 Å². The predicted octanol–water partition coefficient (Wildman–Crippen LogP) is 3.95. The molecule has 0 saturated carbocycles. The van der Waals surface area contributed by atoms with Crippen LogP contribution in [0.15, 0.2) is 47.3 Å². The number of unbranched alkanes of at least 4 members (excludes halogenated alkanes) is 2. The Morgan fingerprint density at radius 3 is 2.56 bits per heavy atom. The first-order chi connectivity index (χ1) is 15.6. The standard InChI is InChI=1S/C24H25N3O4S/c1-4-5-6-14-31-18-12-10-16(11-13-18)22-25-24-27(26-22)23(28)20(32-24)15-17-8-7-9-19(29-2)21(17)30-3/h7-13,15H,4-6,14H2,1-3H3/b20-15+. The lowest BCUT2D eigenvalue weighted by Gasteiger charge is -2.09. The Morgan fingerprint density at radius 2 is 1.88 bits per heavy atom.